The molecule has 0 spiro atoms. The van der Waals surface area contributed by atoms with Crippen molar-refractivity contribution in [1.82, 2.24) is 29.1 Å². The molecule has 0 aliphatic carbocycles. The summed E-state index contributed by atoms with van der Waals surface area (Å²) >= 11 is 6.48. The number of amides is 3. The minimum Gasteiger partial charge on any atom is -0.383 e. The van der Waals surface area contributed by atoms with Gasteiger partial charge in [0.1, 0.15) is 0 Å². The van der Waals surface area contributed by atoms with Gasteiger partial charge in [-0.3, -0.25) is 19.1 Å². The van der Waals surface area contributed by atoms with Crippen molar-refractivity contribution in [3.63, 3.8) is 0 Å². The van der Waals surface area contributed by atoms with Gasteiger partial charge in [-0.05, 0) is 24.3 Å². The zero-order valence-corrected chi connectivity index (χ0v) is 28.2. The standard InChI is InChI=1S/C33H37ClF2N8O4/c1-40-27(25-9-8-23(29(35)30(25)36)21-17-38-43(19-21)14-15-48-5)18-37-31(40)32(46)39-22-6-7-24(26(34)16-22)33(47)42-12-10-41(11-13-42)28(45)20-44(2,3)4/h6-9,16-19H,10-15,20H2,1-5H3/p+1. The number of quaternary nitrogens is 1. The molecular weight excluding hydrogens is 646 g/mol. The van der Waals surface area contributed by atoms with Crippen LogP contribution in [0.15, 0.2) is 48.9 Å². The molecule has 4 aromatic rings. The van der Waals surface area contributed by atoms with Crippen LogP contribution in [0.1, 0.15) is 21.0 Å². The highest BCUT2D eigenvalue weighted by Gasteiger charge is 2.28. The maximum Gasteiger partial charge on any atom is 0.291 e. The molecule has 3 amide bonds. The number of imidazole rings is 1. The van der Waals surface area contributed by atoms with Crippen molar-refractivity contribution in [3.05, 3.63) is 77.0 Å². The molecule has 1 aliphatic heterocycles. The summed E-state index contributed by atoms with van der Waals surface area (Å²) in [7, 11) is 8.94. The van der Waals surface area contributed by atoms with Gasteiger partial charge >= 0.3 is 0 Å². The van der Waals surface area contributed by atoms with E-state index in [1.165, 1.54) is 48.3 Å². The van der Waals surface area contributed by atoms with Crippen molar-refractivity contribution < 1.29 is 32.4 Å². The van der Waals surface area contributed by atoms with Crippen molar-refractivity contribution >= 4 is 35.0 Å². The van der Waals surface area contributed by atoms with Crippen LogP contribution < -0.4 is 5.32 Å². The third kappa shape index (κ3) is 7.56. The molecule has 15 heteroatoms. The molecule has 0 unspecified atom stereocenters. The predicted molar refractivity (Wildman–Crippen MR) is 176 cm³/mol. The Bertz CT molecular complexity index is 1840. The van der Waals surface area contributed by atoms with Crippen LogP contribution in [0, 0.1) is 11.6 Å². The molecule has 0 bridgehead atoms. The monoisotopic (exact) mass is 683 g/mol. The van der Waals surface area contributed by atoms with Gasteiger partial charge < -0.3 is 28.9 Å². The predicted octanol–water partition coefficient (Wildman–Crippen LogP) is 3.77. The zero-order valence-electron chi connectivity index (χ0n) is 27.5. The zero-order chi connectivity index (χ0) is 34.7. The number of halogens is 3. The van der Waals surface area contributed by atoms with Crippen molar-refractivity contribution in [3.8, 4) is 22.4 Å². The van der Waals surface area contributed by atoms with Crippen LogP contribution in [-0.4, -0.2) is 119 Å². The first-order chi connectivity index (χ1) is 22.8. The van der Waals surface area contributed by atoms with Crippen molar-refractivity contribution in [2.45, 2.75) is 6.54 Å². The van der Waals surface area contributed by atoms with E-state index in [0.29, 0.717) is 61.6 Å². The average molecular weight is 684 g/mol. The lowest BCUT2D eigenvalue weighted by Crippen LogP contribution is -2.54. The number of aromatic nitrogens is 4. The number of hydrogen-bond donors (Lipinski definition) is 1. The van der Waals surface area contributed by atoms with Gasteiger partial charge in [-0.15, -0.1) is 0 Å². The van der Waals surface area contributed by atoms with Gasteiger partial charge in [-0.25, -0.2) is 13.8 Å². The van der Waals surface area contributed by atoms with Gasteiger partial charge in [0.2, 0.25) is 0 Å². The molecule has 0 saturated carbocycles. The highest BCUT2D eigenvalue weighted by atomic mass is 35.5. The fourth-order valence-corrected chi connectivity index (χ4v) is 5.70. The summed E-state index contributed by atoms with van der Waals surface area (Å²) in [5, 5.41) is 7.00. The molecule has 1 saturated heterocycles. The summed E-state index contributed by atoms with van der Waals surface area (Å²) in [5.41, 5.74) is 1.17. The molecule has 1 fully saturated rings. The van der Waals surface area contributed by atoms with Gasteiger partial charge in [0.05, 0.1) is 63.0 Å². The fraction of sp³-hybridized carbons (Fsp3) is 0.364. The number of carbonyl (C=O) groups excluding carboxylic acids is 3. The number of rotatable bonds is 10. The Kier molecular flexibility index (Phi) is 10.3. The minimum atomic E-state index is -1.09. The van der Waals surface area contributed by atoms with E-state index in [9.17, 15) is 14.4 Å². The largest absolute Gasteiger partial charge is 0.383 e. The SMILES string of the molecule is COCCn1cc(-c2ccc(-c3cnc(C(=O)Nc4ccc(C(=O)N5CCN(C(=O)C[N+](C)(C)C)CC5)c(Cl)c4)n3C)c(F)c2F)cn1. The highest BCUT2D eigenvalue weighted by molar-refractivity contribution is 6.34. The molecule has 5 rings (SSSR count). The lowest BCUT2D eigenvalue weighted by molar-refractivity contribution is -0.862. The number of piperazine rings is 1. The van der Waals surface area contributed by atoms with Crippen LogP contribution in [0.25, 0.3) is 22.4 Å². The number of ether oxygens (including phenoxy) is 1. The van der Waals surface area contributed by atoms with Gasteiger partial charge in [0.25, 0.3) is 17.7 Å². The number of nitrogens with one attached hydrogen (secondary N) is 1. The minimum absolute atomic E-state index is 0.0428. The molecule has 2 aromatic heterocycles. The highest BCUT2D eigenvalue weighted by Crippen LogP contribution is 2.32. The average Bonchev–Trinajstić information content (AvgIpc) is 3.67. The lowest BCUT2D eigenvalue weighted by atomic mass is 10.0. The van der Waals surface area contributed by atoms with E-state index in [1.54, 1.807) is 33.9 Å². The van der Waals surface area contributed by atoms with E-state index < -0.39 is 17.5 Å². The number of anilines is 1. The second-order valence-corrected chi connectivity index (χ2v) is 13.0. The van der Waals surface area contributed by atoms with Crippen molar-refractivity contribution in [2.24, 2.45) is 7.05 Å². The van der Waals surface area contributed by atoms with E-state index in [4.69, 9.17) is 16.3 Å². The van der Waals surface area contributed by atoms with Gasteiger partial charge in [-0.2, -0.15) is 5.10 Å². The topological polar surface area (TPSA) is 115 Å². The Morgan fingerprint density at radius 2 is 1.65 bits per heavy atom. The Balaban J connectivity index is 1.24. The van der Waals surface area contributed by atoms with Gasteiger partial charge in [0.15, 0.2) is 24.0 Å². The first-order valence-corrected chi connectivity index (χ1v) is 15.7. The van der Waals surface area contributed by atoms with Crippen LogP contribution in [-0.2, 0) is 23.1 Å². The van der Waals surface area contributed by atoms with Crippen LogP contribution in [0.5, 0.6) is 0 Å². The molecular formula is C33H38ClF2N8O4+. The van der Waals surface area contributed by atoms with Crippen LogP contribution >= 0.6 is 11.6 Å². The van der Waals surface area contributed by atoms with E-state index in [0.717, 1.165) is 0 Å². The summed E-state index contributed by atoms with van der Waals surface area (Å²) in [6.45, 7) is 2.89. The number of nitrogens with zero attached hydrogens (tertiary/aromatic N) is 7. The molecule has 48 heavy (non-hydrogen) atoms. The van der Waals surface area contributed by atoms with Crippen LogP contribution in [0.2, 0.25) is 5.02 Å². The molecule has 12 nitrogen and oxygen atoms in total. The van der Waals surface area contributed by atoms with Gasteiger partial charge in [0, 0.05) is 68.9 Å². The normalized spacial score (nSPS) is 13.6. The number of hydrogen-bond acceptors (Lipinski definition) is 6. The van der Waals surface area contributed by atoms with E-state index in [2.05, 4.69) is 15.4 Å². The summed E-state index contributed by atoms with van der Waals surface area (Å²) in [6, 6.07) is 7.42. The summed E-state index contributed by atoms with van der Waals surface area (Å²) in [6.07, 6.45) is 4.35. The maximum absolute atomic E-state index is 15.3. The molecule has 2 aromatic carbocycles. The summed E-state index contributed by atoms with van der Waals surface area (Å²) in [4.78, 5) is 46.5. The molecule has 254 valence electrons. The second kappa shape index (κ2) is 14.2. The van der Waals surface area contributed by atoms with Crippen molar-refractivity contribution in [2.75, 3.05) is 72.9 Å². The molecule has 0 radical (unpaired) electrons. The van der Waals surface area contributed by atoms with Crippen LogP contribution in [0.4, 0.5) is 14.5 Å². The first-order valence-electron chi connectivity index (χ1n) is 15.3. The second-order valence-electron chi connectivity index (χ2n) is 12.6. The van der Waals surface area contributed by atoms with Crippen molar-refractivity contribution in [1.29, 1.82) is 0 Å². The Morgan fingerprint density at radius 1 is 0.979 bits per heavy atom. The molecule has 3 heterocycles. The van der Waals surface area contributed by atoms with E-state index in [1.807, 2.05) is 21.1 Å². The smallest absolute Gasteiger partial charge is 0.291 e. The molecule has 1 N–H and O–H groups in total. The van der Waals surface area contributed by atoms with E-state index >= 15 is 8.78 Å². The quantitative estimate of drug-likeness (QED) is 0.255. The number of methoxy groups -OCH3 is 1. The lowest BCUT2D eigenvalue weighted by Gasteiger charge is -2.36. The van der Waals surface area contributed by atoms with E-state index in [-0.39, 0.29) is 45.0 Å². The number of likely N-dealkylation sites (N-methyl/N-ethyl adjacent to an activating group) is 1. The Hall–Kier alpha value is -4.66. The molecule has 1 aliphatic rings. The Labute approximate surface area is 282 Å². The molecule has 0 atom stereocenters. The summed E-state index contributed by atoms with van der Waals surface area (Å²) in [5.74, 6) is -3.04. The number of benzene rings is 2. The third-order valence-corrected chi connectivity index (χ3v) is 8.32. The Morgan fingerprint density at radius 3 is 2.31 bits per heavy atom. The van der Waals surface area contributed by atoms with Gasteiger partial charge in [-0.1, -0.05) is 17.7 Å². The first kappa shape index (κ1) is 34.7. The third-order valence-electron chi connectivity index (χ3n) is 8.00. The van der Waals surface area contributed by atoms with Crippen LogP contribution in [0.3, 0.4) is 0 Å². The maximum atomic E-state index is 15.3. The summed E-state index contributed by atoms with van der Waals surface area (Å²) < 4.78 is 39.1. The number of carbonyl (C=O) groups is 3. The fourth-order valence-electron chi connectivity index (χ4n) is 5.44.